The molecule has 0 aromatic carbocycles. The number of hydrogen-bond acceptors (Lipinski definition) is 5. The molecule has 0 amide bonds. The molecule has 5 nitrogen and oxygen atoms in total. The van der Waals surface area contributed by atoms with Gasteiger partial charge in [-0.05, 0) is 80.1 Å². The van der Waals surface area contributed by atoms with Crippen LogP contribution in [0.5, 0.6) is 0 Å². The summed E-state index contributed by atoms with van der Waals surface area (Å²) in [6, 6.07) is 0. The molecule has 0 aromatic heterocycles. The third kappa shape index (κ3) is 3.59. The first-order valence-corrected chi connectivity index (χ1v) is 10.8. The number of hydrogen-bond donors (Lipinski definition) is 1. The molecule has 4 fully saturated rings. The molecule has 0 spiro atoms. The number of aliphatic hydroxyl groups is 1. The number of rotatable bonds is 1. The third-order valence-electron chi connectivity index (χ3n) is 7.53. The quantitative estimate of drug-likeness (QED) is 0.748. The second-order valence-electron chi connectivity index (χ2n) is 10.9. The summed E-state index contributed by atoms with van der Waals surface area (Å²) < 4.78 is 25.7. The number of aliphatic hydroxyl groups excluding tert-OH is 1. The molecule has 7 atom stereocenters. The predicted octanol–water partition coefficient (Wildman–Crippen LogP) is 3.75. The first kappa shape index (κ1) is 20.1. The van der Waals surface area contributed by atoms with Gasteiger partial charge in [0.25, 0.3) is 0 Å². The van der Waals surface area contributed by atoms with E-state index in [4.69, 9.17) is 18.9 Å². The van der Waals surface area contributed by atoms with Gasteiger partial charge in [-0.25, -0.2) is 0 Å². The van der Waals surface area contributed by atoms with E-state index in [1.165, 1.54) is 0 Å². The highest BCUT2D eigenvalue weighted by Crippen LogP contribution is 2.49. The molecule has 156 valence electrons. The van der Waals surface area contributed by atoms with Crippen molar-refractivity contribution >= 4 is 0 Å². The number of fused-ring (bicyclic) bond motifs is 2. The molecule has 1 N–H and O–H groups in total. The largest absolute Gasteiger partial charge is 0.390 e. The van der Waals surface area contributed by atoms with Crippen LogP contribution in [0.3, 0.4) is 0 Å². The minimum Gasteiger partial charge on any atom is -0.390 e. The topological polar surface area (TPSA) is 57.2 Å². The zero-order chi connectivity index (χ0) is 19.7. The fourth-order valence-electron chi connectivity index (χ4n) is 5.62. The summed E-state index contributed by atoms with van der Waals surface area (Å²) in [5.41, 5.74) is -1.28. The van der Waals surface area contributed by atoms with Crippen LogP contribution in [0.2, 0.25) is 0 Å². The Kier molecular flexibility index (Phi) is 4.76. The molecule has 4 aliphatic rings. The zero-order valence-electron chi connectivity index (χ0n) is 17.9. The lowest BCUT2D eigenvalue weighted by Crippen LogP contribution is -2.69. The van der Waals surface area contributed by atoms with Gasteiger partial charge < -0.3 is 24.1 Å². The van der Waals surface area contributed by atoms with Gasteiger partial charge in [0.1, 0.15) is 5.60 Å². The van der Waals surface area contributed by atoms with Crippen LogP contribution in [0, 0.1) is 0 Å². The summed E-state index contributed by atoms with van der Waals surface area (Å²) in [5.74, 6) is 0. The maximum atomic E-state index is 11.1. The van der Waals surface area contributed by atoms with E-state index in [1.807, 2.05) is 6.92 Å². The van der Waals surface area contributed by atoms with Crippen molar-refractivity contribution in [1.29, 1.82) is 0 Å². The van der Waals surface area contributed by atoms with Crippen LogP contribution >= 0.6 is 0 Å². The summed E-state index contributed by atoms with van der Waals surface area (Å²) in [4.78, 5) is 0. The maximum Gasteiger partial charge on any atom is 0.118 e. The van der Waals surface area contributed by atoms with Gasteiger partial charge in [0, 0.05) is 6.42 Å². The van der Waals surface area contributed by atoms with E-state index in [0.29, 0.717) is 6.42 Å². The Morgan fingerprint density at radius 2 is 1.44 bits per heavy atom. The van der Waals surface area contributed by atoms with Gasteiger partial charge in [-0.15, -0.1) is 0 Å². The molecule has 0 unspecified atom stereocenters. The Bertz CT molecular complexity index is 575. The normalized spacial score (nSPS) is 51.9. The fraction of sp³-hybridized carbons (Fsp3) is 1.00. The second-order valence-corrected chi connectivity index (χ2v) is 10.9. The van der Waals surface area contributed by atoms with E-state index >= 15 is 0 Å². The molecule has 0 bridgehead atoms. The van der Waals surface area contributed by atoms with E-state index in [0.717, 1.165) is 38.5 Å². The molecule has 0 radical (unpaired) electrons. The third-order valence-corrected chi connectivity index (χ3v) is 7.53. The van der Waals surface area contributed by atoms with E-state index < -0.39 is 11.7 Å². The van der Waals surface area contributed by atoms with Crippen LogP contribution in [0.4, 0.5) is 0 Å². The van der Waals surface area contributed by atoms with Gasteiger partial charge >= 0.3 is 0 Å². The van der Waals surface area contributed by atoms with Gasteiger partial charge in [0.15, 0.2) is 0 Å². The molecule has 4 saturated heterocycles. The zero-order valence-corrected chi connectivity index (χ0v) is 17.9. The highest BCUT2D eigenvalue weighted by Gasteiger charge is 2.59. The minimum absolute atomic E-state index is 0.0605. The number of ether oxygens (including phenoxy) is 4. The van der Waals surface area contributed by atoms with Crippen molar-refractivity contribution in [3.05, 3.63) is 0 Å². The smallest absolute Gasteiger partial charge is 0.118 e. The fourth-order valence-corrected chi connectivity index (χ4v) is 5.62. The highest BCUT2D eigenvalue weighted by molar-refractivity contribution is 5.08. The van der Waals surface area contributed by atoms with Gasteiger partial charge in [-0.3, -0.25) is 0 Å². The summed E-state index contributed by atoms with van der Waals surface area (Å²) in [6.45, 7) is 12.8. The molecule has 4 aliphatic heterocycles. The lowest BCUT2D eigenvalue weighted by Gasteiger charge is -2.59. The summed E-state index contributed by atoms with van der Waals surface area (Å²) >= 11 is 0. The first-order chi connectivity index (χ1) is 12.4. The van der Waals surface area contributed by atoms with E-state index in [-0.39, 0.29) is 41.2 Å². The summed E-state index contributed by atoms with van der Waals surface area (Å²) in [6.07, 6.45) is 5.86. The standard InChI is InChI=1S/C22H38O5/c1-19(2)10-9-14-15(25-19)7-8-17(24-14)22(6)16(23)13-18-21(5,27-22)12-11-20(3,4)26-18/h14-18,23H,7-13H2,1-6H3/t14-,15+,16+,17-,18-,21+,22+/m0/s1. The van der Waals surface area contributed by atoms with Gasteiger partial charge in [-0.2, -0.15) is 0 Å². The first-order valence-electron chi connectivity index (χ1n) is 10.8. The Hall–Kier alpha value is -0.200. The van der Waals surface area contributed by atoms with Crippen molar-refractivity contribution in [1.82, 2.24) is 0 Å². The minimum atomic E-state index is -0.700. The molecule has 0 saturated carbocycles. The maximum absolute atomic E-state index is 11.1. The SMILES string of the molecule is CC1(C)CC[C@@]2(C)O[C@@](C)([C@@H]3CC[C@H]4OC(C)(C)CC[C@@H]4O3)[C@H](O)C[C@@H]2O1. The molecule has 4 heterocycles. The molecule has 5 heteroatoms. The summed E-state index contributed by atoms with van der Waals surface area (Å²) in [7, 11) is 0. The van der Waals surface area contributed by atoms with Gasteiger partial charge in [0.2, 0.25) is 0 Å². The molecule has 27 heavy (non-hydrogen) atoms. The van der Waals surface area contributed by atoms with E-state index in [1.54, 1.807) is 0 Å². The Labute approximate surface area is 164 Å². The van der Waals surface area contributed by atoms with Crippen molar-refractivity contribution < 1.29 is 24.1 Å². The second kappa shape index (κ2) is 6.40. The Balaban J connectivity index is 1.49. The molecular formula is C22H38O5. The van der Waals surface area contributed by atoms with E-state index in [9.17, 15) is 5.11 Å². The van der Waals surface area contributed by atoms with Crippen LogP contribution in [0.15, 0.2) is 0 Å². The lowest BCUT2D eigenvalue weighted by molar-refractivity contribution is -0.344. The molecular weight excluding hydrogens is 344 g/mol. The van der Waals surface area contributed by atoms with Crippen LogP contribution in [-0.2, 0) is 18.9 Å². The van der Waals surface area contributed by atoms with Crippen molar-refractivity contribution in [3.8, 4) is 0 Å². The van der Waals surface area contributed by atoms with Gasteiger partial charge in [0.05, 0.1) is 47.3 Å². The van der Waals surface area contributed by atoms with Crippen molar-refractivity contribution in [2.24, 2.45) is 0 Å². The van der Waals surface area contributed by atoms with Crippen molar-refractivity contribution in [2.75, 3.05) is 0 Å². The predicted molar refractivity (Wildman–Crippen MR) is 103 cm³/mol. The van der Waals surface area contributed by atoms with Crippen LogP contribution < -0.4 is 0 Å². The molecule has 4 rings (SSSR count). The highest BCUT2D eigenvalue weighted by atomic mass is 16.6. The molecule has 0 aromatic rings. The average Bonchev–Trinajstić information content (AvgIpc) is 2.56. The van der Waals surface area contributed by atoms with E-state index in [2.05, 4.69) is 34.6 Å². The Morgan fingerprint density at radius 3 is 2.19 bits per heavy atom. The lowest BCUT2D eigenvalue weighted by atomic mass is 9.73. The van der Waals surface area contributed by atoms with Gasteiger partial charge in [-0.1, -0.05) is 0 Å². The average molecular weight is 383 g/mol. The monoisotopic (exact) mass is 382 g/mol. The van der Waals surface area contributed by atoms with Crippen LogP contribution in [0.25, 0.3) is 0 Å². The van der Waals surface area contributed by atoms with Crippen LogP contribution in [0.1, 0.15) is 86.5 Å². The summed E-state index contributed by atoms with van der Waals surface area (Å²) in [5, 5.41) is 11.1. The van der Waals surface area contributed by atoms with Crippen molar-refractivity contribution in [3.63, 3.8) is 0 Å². The van der Waals surface area contributed by atoms with Crippen LogP contribution in [-0.4, -0.2) is 58.0 Å². The Morgan fingerprint density at radius 1 is 0.741 bits per heavy atom. The molecule has 0 aliphatic carbocycles. The van der Waals surface area contributed by atoms with Crippen molar-refractivity contribution in [2.45, 2.75) is 139 Å².